The molecule has 8 heteroatoms. The lowest BCUT2D eigenvalue weighted by Gasteiger charge is -2.09. The van der Waals surface area contributed by atoms with Gasteiger partial charge in [-0.05, 0) is 30.2 Å². The Kier molecular flexibility index (Phi) is 5.08. The van der Waals surface area contributed by atoms with E-state index < -0.39 is 10.0 Å². The first-order valence-electron chi connectivity index (χ1n) is 7.55. The molecule has 1 heterocycles. The summed E-state index contributed by atoms with van der Waals surface area (Å²) in [6, 6.07) is 14.6. The van der Waals surface area contributed by atoms with Crippen LogP contribution >= 0.6 is 22.9 Å². The Hall–Kier alpha value is -1.96. The zero-order chi connectivity index (χ0) is 18.0. The summed E-state index contributed by atoms with van der Waals surface area (Å²) in [4.78, 5) is 0.132. The minimum Gasteiger partial charge on any atom is -0.253 e. The minimum absolute atomic E-state index is 0.0323. The van der Waals surface area contributed by atoms with Crippen molar-refractivity contribution in [3.8, 4) is 0 Å². The van der Waals surface area contributed by atoms with Gasteiger partial charge in [0.2, 0.25) is 5.13 Å². The predicted molar refractivity (Wildman–Crippen MR) is 101 cm³/mol. The summed E-state index contributed by atoms with van der Waals surface area (Å²) in [5, 5.41) is 9.47. The van der Waals surface area contributed by atoms with Crippen LogP contribution in [0, 0.1) is 6.92 Å². The Morgan fingerprint density at radius 2 is 1.80 bits per heavy atom. The van der Waals surface area contributed by atoms with Crippen molar-refractivity contribution in [2.24, 2.45) is 0 Å². The molecule has 1 atom stereocenters. The van der Waals surface area contributed by atoms with E-state index in [4.69, 9.17) is 11.6 Å². The molecule has 0 aliphatic rings. The van der Waals surface area contributed by atoms with E-state index in [1.807, 2.05) is 37.3 Å². The summed E-state index contributed by atoms with van der Waals surface area (Å²) in [5.41, 5.74) is 1.60. The monoisotopic (exact) mass is 393 g/mol. The van der Waals surface area contributed by atoms with Crippen molar-refractivity contribution >= 4 is 38.1 Å². The van der Waals surface area contributed by atoms with Crippen LogP contribution in [0.4, 0.5) is 5.13 Å². The highest BCUT2D eigenvalue weighted by Gasteiger charge is 2.21. The van der Waals surface area contributed by atoms with Crippen LogP contribution < -0.4 is 4.72 Å². The van der Waals surface area contributed by atoms with Crippen molar-refractivity contribution in [3.05, 3.63) is 69.7 Å². The van der Waals surface area contributed by atoms with Crippen LogP contribution in [0.3, 0.4) is 0 Å². The van der Waals surface area contributed by atoms with Crippen LogP contribution in [0.15, 0.2) is 53.4 Å². The topological polar surface area (TPSA) is 72.0 Å². The molecular weight excluding hydrogens is 378 g/mol. The summed E-state index contributed by atoms with van der Waals surface area (Å²) < 4.78 is 27.7. The first-order chi connectivity index (χ1) is 11.9. The first-order valence-corrected chi connectivity index (χ1v) is 10.2. The van der Waals surface area contributed by atoms with E-state index in [1.165, 1.54) is 17.4 Å². The van der Waals surface area contributed by atoms with E-state index >= 15 is 0 Å². The summed E-state index contributed by atoms with van der Waals surface area (Å²) in [5.74, 6) is 0.0323. The lowest BCUT2D eigenvalue weighted by Crippen LogP contribution is -2.14. The fourth-order valence-electron chi connectivity index (χ4n) is 2.38. The number of halogens is 1. The van der Waals surface area contributed by atoms with Gasteiger partial charge in [-0.3, -0.25) is 4.72 Å². The van der Waals surface area contributed by atoms with Gasteiger partial charge in [-0.1, -0.05) is 66.3 Å². The molecule has 0 aliphatic carbocycles. The highest BCUT2D eigenvalue weighted by molar-refractivity contribution is 7.93. The van der Waals surface area contributed by atoms with Gasteiger partial charge in [0.15, 0.2) is 0 Å². The Bertz CT molecular complexity index is 988. The molecule has 1 N–H and O–H groups in total. The largest absolute Gasteiger partial charge is 0.264 e. The van der Waals surface area contributed by atoms with E-state index in [0.29, 0.717) is 10.6 Å². The van der Waals surface area contributed by atoms with Crippen LogP contribution in [0.2, 0.25) is 5.02 Å². The number of sulfonamides is 1. The van der Waals surface area contributed by atoms with Gasteiger partial charge in [0, 0.05) is 10.9 Å². The molecule has 130 valence electrons. The number of hydrogen-bond acceptors (Lipinski definition) is 5. The van der Waals surface area contributed by atoms with Crippen molar-refractivity contribution in [2.75, 3.05) is 4.72 Å². The molecule has 0 amide bonds. The molecular formula is C17H16ClN3O2S2. The summed E-state index contributed by atoms with van der Waals surface area (Å²) in [6.45, 7) is 3.68. The molecule has 0 saturated heterocycles. The quantitative estimate of drug-likeness (QED) is 0.694. The third kappa shape index (κ3) is 3.84. The Morgan fingerprint density at radius 1 is 1.08 bits per heavy atom. The third-order valence-corrected chi connectivity index (χ3v) is 6.88. The molecule has 5 nitrogen and oxygen atoms in total. The van der Waals surface area contributed by atoms with Crippen LogP contribution in [-0.4, -0.2) is 18.6 Å². The van der Waals surface area contributed by atoms with Gasteiger partial charge in [0.25, 0.3) is 10.0 Å². The normalized spacial score (nSPS) is 12.8. The molecule has 3 aromatic rings. The summed E-state index contributed by atoms with van der Waals surface area (Å²) in [6.07, 6.45) is 0. The van der Waals surface area contributed by atoms with Crippen molar-refractivity contribution in [2.45, 2.75) is 24.7 Å². The zero-order valence-corrected chi connectivity index (χ0v) is 16.0. The van der Waals surface area contributed by atoms with Crippen molar-refractivity contribution in [1.82, 2.24) is 10.2 Å². The minimum atomic E-state index is -3.77. The lowest BCUT2D eigenvalue weighted by atomic mass is 10.0. The van der Waals surface area contributed by atoms with E-state index in [2.05, 4.69) is 14.9 Å². The molecule has 0 unspecified atom stereocenters. The molecule has 0 radical (unpaired) electrons. The average Bonchev–Trinajstić information content (AvgIpc) is 3.05. The van der Waals surface area contributed by atoms with E-state index in [9.17, 15) is 8.42 Å². The fourth-order valence-corrected chi connectivity index (χ4v) is 4.94. The van der Waals surface area contributed by atoms with Crippen LogP contribution in [0.25, 0.3) is 0 Å². The zero-order valence-electron chi connectivity index (χ0n) is 13.6. The van der Waals surface area contributed by atoms with Crippen molar-refractivity contribution < 1.29 is 8.42 Å². The van der Waals surface area contributed by atoms with Gasteiger partial charge in [-0.2, -0.15) is 0 Å². The Labute approximate surface area is 155 Å². The number of hydrogen-bond donors (Lipinski definition) is 1. The Balaban J connectivity index is 1.85. The van der Waals surface area contributed by atoms with Gasteiger partial charge < -0.3 is 0 Å². The van der Waals surface area contributed by atoms with Gasteiger partial charge in [0.05, 0.1) is 4.90 Å². The number of rotatable bonds is 5. The van der Waals surface area contributed by atoms with E-state index in [0.717, 1.165) is 10.6 Å². The van der Waals surface area contributed by atoms with Crippen molar-refractivity contribution in [3.63, 3.8) is 0 Å². The Morgan fingerprint density at radius 3 is 2.52 bits per heavy atom. The first kappa shape index (κ1) is 17.8. The smallest absolute Gasteiger partial charge is 0.253 e. The molecule has 0 aliphatic heterocycles. The second kappa shape index (κ2) is 7.11. The predicted octanol–water partition coefficient (Wildman–Crippen LogP) is 4.45. The molecule has 0 spiro atoms. The molecule has 0 fully saturated rings. The molecule has 0 bridgehead atoms. The number of anilines is 1. The summed E-state index contributed by atoms with van der Waals surface area (Å²) >= 11 is 7.24. The molecule has 25 heavy (non-hydrogen) atoms. The van der Waals surface area contributed by atoms with Crippen LogP contribution in [0.5, 0.6) is 0 Å². The highest BCUT2D eigenvalue weighted by Crippen LogP contribution is 2.30. The standard InChI is InChI=1S/C17H16ClN3O2S2/c1-11(13-7-4-3-5-8-13)16-19-20-17(24-16)21-25(22,23)15-10-6-9-14(18)12(15)2/h3-11H,1-2H3,(H,20,21)/t11-/m1/s1. The van der Waals surface area contributed by atoms with Gasteiger partial charge >= 0.3 is 0 Å². The molecule has 0 saturated carbocycles. The number of nitrogens with zero attached hydrogens (tertiary/aromatic N) is 2. The van der Waals surface area contributed by atoms with Crippen LogP contribution in [0.1, 0.15) is 29.0 Å². The SMILES string of the molecule is Cc1c(Cl)cccc1S(=O)(=O)Nc1nnc([C@H](C)c2ccccc2)s1. The lowest BCUT2D eigenvalue weighted by molar-refractivity contribution is 0.600. The molecule has 1 aromatic heterocycles. The number of aromatic nitrogens is 2. The van der Waals surface area contributed by atoms with E-state index in [1.54, 1.807) is 19.1 Å². The average molecular weight is 394 g/mol. The maximum atomic E-state index is 12.6. The number of benzene rings is 2. The third-order valence-electron chi connectivity index (χ3n) is 3.84. The second-order valence-electron chi connectivity index (χ2n) is 5.55. The van der Waals surface area contributed by atoms with Crippen LogP contribution in [-0.2, 0) is 10.0 Å². The van der Waals surface area contributed by atoms with Gasteiger partial charge in [-0.15, -0.1) is 10.2 Å². The fraction of sp³-hybridized carbons (Fsp3) is 0.176. The molecule has 2 aromatic carbocycles. The number of nitrogens with one attached hydrogen (secondary N) is 1. The molecule has 3 rings (SSSR count). The maximum absolute atomic E-state index is 12.6. The van der Waals surface area contributed by atoms with Gasteiger partial charge in [-0.25, -0.2) is 8.42 Å². The highest BCUT2D eigenvalue weighted by atomic mass is 35.5. The second-order valence-corrected chi connectivity index (χ2v) is 8.61. The van der Waals surface area contributed by atoms with Crippen molar-refractivity contribution in [1.29, 1.82) is 0 Å². The summed E-state index contributed by atoms with van der Waals surface area (Å²) in [7, 11) is -3.77. The van der Waals surface area contributed by atoms with Gasteiger partial charge in [0.1, 0.15) is 5.01 Å². The van der Waals surface area contributed by atoms with E-state index in [-0.39, 0.29) is 15.9 Å². The maximum Gasteiger partial charge on any atom is 0.264 e.